The van der Waals surface area contributed by atoms with Crippen molar-refractivity contribution in [2.24, 2.45) is 0 Å². The number of halogens is 2. The number of hydrogen-bond acceptors (Lipinski definition) is 4. The van der Waals surface area contributed by atoms with Crippen LogP contribution in [-0.2, 0) is 14.3 Å². The molecule has 1 saturated carbocycles. The van der Waals surface area contributed by atoms with Crippen molar-refractivity contribution in [3.63, 3.8) is 0 Å². The monoisotopic (exact) mass is 328 g/mol. The first-order valence-electron chi connectivity index (χ1n) is 4.10. The van der Waals surface area contributed by atoms with E-state index in [1.165, 1.54) is 6.92 Å². The lowest BCUT2D eigenvalue weighted by molar-refractivity contribution is -0.156. The first-order valence-corrected chi connectivity index (χ1v) is 5.93. The maximum atomic E-state index is 11.4. The highest BCUT2D eigenvalue weighted by Crippen LogP contribution is 2.28. The Morgan fingerprint density at radius 1 is 1.57 bits per heavy atom. The molecule has 4 atom stereocenters. The first-order chi connectivity index (χ1) is 6.43. The molecule has 1 aliphatic rings. The number of ketones is 1. The third kappa shape index (κ3) is 2.55. The van der Waals surface area contributed by atoms with Crippen LogP contribution in [0.25, 0.3) is 0 Å². The highest BCUT2D eigenvalue weighted by atomic mass is 79.9. The van der Waals surface area contributed by atoms with E-state index in [-0.39, 0.29) is 10.6 Å². The molecule has 4 nitrogen and oxygen atoms in total. The SMILES string of the molecule is CC(=O)O[C@H]1CC(Br)C(=O)[C@@H](Br)[C@@H]1O. The highest BCUT2D eigenvalue weighted by Gasteiger charge is 2.42. The highest BCUT2D eigenvalue weighted by molar-refractivity contribution is 9.10. The van der Waals surface area contributed by atoms with Gasteiger partial charge in [0.1, 0.15) is 17.0 Å². The van der Waals surface area contributed by atoms with Crippen LogP contribution in [0.4, 0.5) is 0 Å². The van der Waals surface area contributed by atoms with E-state index < -0.39 is 23.0 Å². The standard InChI is InChI=1S/C8H10Br2O4/c1-3(11)14-5-2-4(9)7(12)6(10)8(5)13/h4-6,8,13H,2H2,1H3/t4?,5-,6+,8+/m0/s1. The zero-order valence-electron chi connectivity index (χ0n) is 7.44. The summed E-state index contributed by atoms with van der Waals surface area (Å²) in [6, 6.07) is 0. The largest absolute Gasteiger partial charge is 0.460 e. The summed E-state index contributed by atoms with van der Waals surface area (Å²) in [4.78, 5) is 21.0. The van der Waals surface area contributed by atoms with Gasteiger partial charge in [-0.2, -0.15) is 0 Å². The van der Waals surface area contributed by atoms with Gasteiger partial charge in [0.15, 0.2) is 5.78 Å². The average Bonchev–Trinajstić information content (AvgIpc) is 2.10. The van der Waals surface area contributed by atoms with Crippen LogP contribution >= 0.6 is 31.9 Å². The Balaban J connectivity index is 2.70. The molecule has 1 rings (SSSR count). The molecular formula is C8H10Br2O4. The van der Waals surface area contributed by atoms with Crippen molar-refractivity contribution in [1.82, 2.24) is 0 Å². The van der Waals surface area contributed by atoms with E-state index in [1.807, 2.05) is 0 Å². The molecule has 0 spiro atoms. The van der Waals surface area contributed by atoms with Gasteiger partial charge in [0.25, 0.3) is 0 Å². The molecule has 80 valence electrons. The normalized spacial score (nSPS) is 38.1. The lowest BCUT2D eigenvalue weighted by atomic mass is 9.93. The van der Waals surface area contributed by atoms with Crippen molar-refractivity contribution in [1.29, 1.82) is 0 Å². The molecule has 14 heavy (non-hydrogen) atoms. The number of ether oxygens (including phenoxy) is 1. The second kappa shape index (κ2) is 4.72. The van der Waals surface area contributed by atoms with Gasteiger partial charge in [-0.3, -0.25) is 9.59 Å². The molecule has 0 aromatic rings. The van der Waals surface area contributed by atoms with Gasteiger partial charge >= 0.3 is 5.97 Å². The van der Waals surface area contributed by atoms with E-state index in [4.69, 9.17) is 4.74 Å². The van der Waals surface area contributed by atoms with E-state index >= 15 is 0 Å². The van der Waals surface area contributed by atoms with Gasteiger partial charge in [-0.25, -0.2) is 0 Å². The Morgan fingerprint density at radius 3 is 2.64 bits per heavy atom. The molecule has 0 bridgehead atoms. The van der Waals surface area contributed by atoms with Gasteiger partial charge in [0.2, 0.25) is 0 Å². The second-order valence-corrected chi connectivity index (χ2v) is 5.24. The number of rotatable bonds is 1. The Labute approximate surface area is 98.3 Å². The van der Waals surface area contributed by atoms with Crippen LogP contribution < -0.4 is 0 Å². The Hall–Kier alpha value is 0.0600. The van der Waals surface area contributed by atoms with Crippen molar-refractivity contribution in [2.75, 3.05) is 0 Å². The van der Waals surface area contributed by atoms with Crippen LogP contribution in [0.3, 0.4) is 0 Å². The number of carbonyl (C=O) groups is 2. The van der Waals surface area contributed by atoms with Gasteiger partial charge in [-0.05, 0) is 0 Å². The maximum absolute atomic E-state index is 11.4. The molecule has 0 aromatic carbocycles. The van der Waals surface area contributed by atoms with Gasteiger partial charge in [-0.15, -0.1) is 0 Å². The molecular weight excluding hydrogens is 320 g/mol. The summed E-state index contributed by atoms with van der Waals surface area (Å²) >= 11 is 6.24. The third-order valence-electron chi connectivity index (χ3n) is 2.02. The molecule has 6 heteroatoms. The summed E-state index contributed by atoms with van der Waals surface area (Å²) in [5.74, 6) is -0.580. The summed E-state index contributed by atoms with van der Waals surface area (Å²) in [7, 11) is 0. The van der Waals surface area contributed by atoms with Gasteiger partial charge in [0.05, 0.1) is 4.83 Å². The second-order valence-electron chi connectivity index (χ2n) is 3.15. The van der Waals surface area contributed by atoms with Crippen molar-refractivity contribution in [3.8, 4) is 0 Å². The number of esters is 1. The lowest BCUT2D eigenvalue weighted by Crippen LogP contribution is -2.50. The Bertz CT molecular complexity index is 256. The van der Waals surface area contributed by atoms with Crippen molar-refractivity contribution in [3.05, 3.63) is 0 Å². The number of Topliss-reactive ketones (excluding diaryl/α,β-unsaturated/α-hetero) is 1. The molecule has 0 aromatic heterocycles. The van der Waals surface area contributed by atoms with E-state index in [0.717, 1.165) is 0 Å². The van der Waals surface area contributed by atoms with Gasteiger partial charge < -0.3 is 9.84 Å². The number of aliphatic hydroxyl groups excluding tert-OH is 1. The van der Waals surface area contributed by atoms with Gasteiger partial charge in [-0.1, -0.05) is 31.9 Å². The number of carbonyl (C=O) groups excluding carboxylic acids is 2. The smallest absolute Gasteiger partial charge is 0.302 e. The average molecular weight is 330 g/mol. The molecule has 1 aliphatic carbocycles. The topological polar surface area (TPSA) is 63.6 Å². The summed E-state index contributed by atoms with van der Waals surface area (Å²) in [5, 5.41) is 9.61. The summed E-state index contributed by atoms with van der Waals surface area (Å²) in [6.07, 6.45) is -1.29. The fourth-order valence-corrected chi connectivity index (χ4v) is 2.99. The van der Waals surface area contributed by atoms with E-state index in [0.29, 0.717) is 6.42 Å². The number of alkyl halides is 2. The van der Waals surface area contributed by atoms with Crippen molar-refractivity contribution >= 4 is 43.6 Å². The molecule has 0 radical (unpaired) electrons. The van der Waals surface area contributed by atoms with Crippen molar-refractivity contribution < 1.29 is 19.4 Å². The van der Waals surface area contributed by atoms with Crippen LogP contribution in [0.15, 0.2) is 0 Å². The van der Waals surface area contributed by atoms with E-state index in [1.54, 1.807) is 0 Å². The van der Waals surface area contributed by atoms with Crippen molar-refractivity contribution in [2.45, 2.75) is 35.2 Å². The fraction of sp³-hybridized carbons (Fsp3) is 0.750. The van der Waals surface area contributed by atoms with E-state index in [2.05, 4.69) is 31.9 Å². The molecule has 0 aliphatic heterocycles. The molecule has 1 N–H and O–H groups in total. The van der Waals surface area contributed by atoms with Crippen LogP contribution in [0, 0.1) is 0 Å². The fourth-order valence-electron chi connectivity index (χ4n) is 1.32. The molecule has 1 fully saturated rings. The van der Waals surface area contributed by atoms with Crippen LogP contribution in [-0.4, -0.2) is 38.7 Å². The first kappa shape index (κ1) is 12.1. The summed E-state index contributed by atoms with van der Waals surface area (Å²) in [6.45, 7) is 1.27. The number of aliphatic hydroxyl groups is 1. The van der Waals surface area contributed by atoms with Crippen LogP contribution in [0.2, 0.25) is 0 Å². The molecule has 1 unspecified atom stereocenters. The molecule has 0 heterocycles. The summed E-state index contributed by atoms with van der Waals surface area (Å²) < 4.78 is 4.89. The minimum atomic E-state index is -0.972. The van der Waals surface area contributed by atoms with Gasteiger partial charge in [0, 0.05) is 13.3 Å². The van der Waals surface area contributed by atoms with Crippen LogP contribution in [0.1, 0.15) is 13.3 Å². The zero-order valence-corrected chi connectivity index (χ0v) is 10.6. The Morgan fingerprint density at radius 2 is 2.14 bits per heavy atom. The number of hydrogen-bond donors (Lipinski definition) is 1. The lowest BCUT2D eigenvalue weighted by Gasteiger charge is -2.32. The predicted octanol–water partition coefficient (Wildman–Crippen LogP) is 0.779. The quantitative estimate of drug-likeness (QED) is 0.570. The minimum Gasteiger partial charge on any atom is -0.460 e. The summed E-state index contributed by atoms with van der Waals surface area (Å²) in [5.41, 5.74) is 0. The van der Waals surface area contributed by atoms with Crippen LogP contribution in [0.5, 0.6) is 0 Å². The zero-order chi connectivity index (χ0) is 10.9. The molecule has 0 saturated heterocycles. The predicted molar refractivity (Wildman–Crippen MR) is 56.6 cm³/mol. The Kier molecular flexibility index (Phi) is 4.09. The molecule has 0 amide bonds. The third-order valence-corrected chi connectivity index (χ3v) is 3.84. The van der Waals surface area contributed by atoms with E-state index in [9.17, 15) is 14.7 Å². The minimum absolute atomic E-state index is 0.124. The maximum Gasteiger partial charge on any atom is 0.302 e.